The number of nitrogen functional groups attached to an aromatic ring is 1. The van der Waals surface area contributed by atoms with Crippen LogP contribution >= 0.6 is 11.3 Å². The molecule has 0 radical (unpaired) electrons. The average molecular weight is 363 g/mol. The zero-order chi connectivity index (χ0) is 19.0. The van der Waals surface area contributed by atoms with E-state index in [1.165, 1.54) is 5.56 Å². The summed E-state index contributed by atoms with van der Waals surface area (Å²) in [5.41, 5.74) is 7.25. The van der Waals surface area contributed by atoms with E-state index in [1.807, 2.05) is 30.3 Å². The summed E-state index contributed by atoms with van der Waals surface area (Å²) in [6.45, 7) is 7.74. The van der Waals surface area contributed by atoms with Gasteiger partial charge in [-0.2, -0.15) is 0 Å². The van der Waals surface area contributed by atoms with Gasteiger partial charge in [0, 0.05) is 7.11 Å². The highest BCUT2D eigenvalue weighted by molar-refractivity contribution is 7.18. The minimum atomic E-state index is -0.570. The van der Waals surface area contributed by atoms with Crippen LogP contribution in [-0.4, -0.2) is 25.0 Å². The van der Waals surface area contributed by atoms with Gasteiger partial charge in [-0.1, -0.05) is 30.3 Å². The predicted molar refractivity (Wildman–Crippen MR) is 101 cm³/mol. The molecule has 0 saturated carbocycles. The van der Waals surface area contributed by atoms with Crippen LogP contribution in [0.4, 0.5) is 5.00 Å². The van der Waals surface area contributed by atoms with Gasteiger partial charge < -0.3 is 15.2 Å². The largest absolute Gasteiger partial charge is 0.456 e. The number of carbonyl (C=O) groups is 2. The Morgan fingerprint density at radius 3 is 2.28 bits per heavy atom. The molecule has 0 spiro atoms. The van der Waals surface area contributed by atoms with Crippen molar-refractivity contribution in [2.75, 3.05) is 12.8 Å². The van der Waals surface area contributed by atoms with Crippen LogP contribution < -0.4 is 5.73 Å². The van der Waals surface area contributed by atoms with E-state index < -0.39 is 11.6 Å². The average Bonchev–Trinajstić information content (AvgIpc) is 2.82. The molecular weight excluding hydrogens is 338 g/mol. The van der Waals surface area contributed by atoms with Gasteiger partial charge in [0.05, 0.1) is 17.0 Å². The third kappa shape index (κ3) is 6.68. The van der Waals surface area contributed by atoms with E-state index in [2.05, 4.69) is 0 Å². The van der Waals surface area contributed by atoms with Crippen molar-refractivity contribution in [2.45, 2.75) is 39.9 Å². The van der Waals surface area contributed by atoms with Gasteiger partial charge in [0.15, 0.2) is 6.29 Å². The Bertz CT molecular complexity index is 702. The van der Waals surface area contributed by atoms with Crippen molar-refractivity contribution >= 4 is 28.6 Å². The highest BCUT2D eigenvalue weighted by Gasteiger charge is 2.24. The maximum atomic E-state index is 11.8. The Hall–Kier alpha value is -2.18. The van der Waals surface area contributed by atoms with E-state index in [4.69, 9.17) is 15.2 Å². The second kappa shape index (κ2) is 9.34. The van der Waals surface area contributed by atoms with Crippen molar-refractivity contribution in [2.24, 2.45) is 0 Å². The van der Waals surface area contributed by atoms with Crippen molar-refractivity contribution in [3.8, 4) is 0 Å². The molecule has 0 aliphatic carbocycles. The van der Waals surface area contributed by atoms with Crippen LogP contribution in [0.2, 0.25) is 0 Å². The van der Waals surface area contributed by atoms with Crippen LogP contribution in [0.15, 0.2) is 30.3 Å². The summed E-state index contributed by atoms with van der Waals surface area (Å²) in [6.07, 6.45) is 0.699. The molecule has 1 aromatic carbocycles. The van der Waals surface area contributed by atoms with E-state index in [0.29, 0.717) is 33.9 Å². The quantitative estimate of drug-likeness (QED) is 0.649. The summed E-state index contributed by atoms with van der Waals surface area (Å²) in [6, 6.07) is 10.1. The summed E-state index contributed by atoms with van der Waals surface area (Å²) in [7, 11) is 1.70. The fourth-order valence-electron chi connectivity index (χ4n) is 1.99. The van der Waals surface area contributed by atoms with Gasteiger partial charge in [-0.15, -0.1) is 11.3 Å². The molecule has 25 heavy (non-hydrogen) atoms. The predicted octanol–water partition coefficient (Wildman–Crippen LogP) is 4.24. The summed E-state index contributed by atoms with van der Waals surface area (Å²) >= 11 is 1.10. The molecule has 5 nitrogen and oxygen atoms in total. The Kier molecular flexibility index (Phi) is 7.80. The third-order valence-electron chi connectivity index (χ3n) is 3.07. The molecule has 0 atom stereocenters. The van der Waals surface area contributed by atoms with Crippen LogP contribution in [0.3, 0.4) is 0 Å². The molecule has 136 valence electrons. The van der Waals surface area contributed by atoms with Crippen molar-refractivity contribution in [3.05, 3.63) is 51.9 Å². The van der Waals surface area contributed by atoms with Gasteiger partial charge in [0.25, 0.3) is 0 Å². The normalized spacial score (nSPS) is 10.6. The lowest BCUT2D eigenvalue weighted by Gasteiger charge is -2.19. The number of benzene rings is 1. The number of esters is 1. The van der Waals surface area contributed by atoms with Crippen molar-refractivity contribution < 1.29 is 19.1 Å². The number of aldehydes is 1. The van der Waals surface area contributed by atoms with Crippen LogP contribution in [0, 0.1) is 6.92 Å². The first-order chi connectivity index (χ1) is 11.7. The lowest BCUT2D eigenvalue weighted by molar-refractivity contribution is 0.00705. The third-order valence-corrected chi connectivity index (χ3v) is 4.12. The molecule has 2 N–H and O–H groups in total. The summed E-state index contributed by atoms with van der Waals surface area (Å²) in [4.78, 5) is 23.0. The molecule has 0 amide bonds. The number of carbonyl (C=O) groups excluding carboxylic acids is 2. The van der Waals surface area contributed by atoms with Gasteiger partial charge in [0.1, 0.15) is 10.6 Å². The molecule has 2 aromatic rings. The molecule has 0 aliphatic heterocycles. The maximum absolute atomic E-state index is 11.8. The zero-order valence-corrected chi connectivity index (χ0v) is 16.1. The number of methoxy groups -OCH3 is 1. The molecular formula is C19H25NO4S. The smallest absolute Gasteiger partial charge is 0.341 e. The van der Waals surface area contributed by atoms with Gasteiger partial charge in [0.2, 0.25) is 0 Å². The second-order valence-electron chi connectivity index (χ2n) is 6.37. The Morgan fingerprint density at radius 1 is 1.24 bits per heavy atom. The fourth-order valence-corrected chi connectivity index (χ4v) is 2.87. The molecule has 0 bridgehead atoms. The van der Waals surface area contributed by atoms with Crippen LogP contribution in [0.5, 0.6) is 0 Å². The highest BCUT2D eigenvalue weighted by Crippen LogP contribution is 2.30. The second-order valence-corrected chi connectivity index (χ2v) is 7.45. The molecule has 2 rings (SSSR count). The topological polar surface area (TPSA) is 78.6 Å². The first-order valence-electron chi connectivity index (χ1n) is 7.79. The zero-order valence-electron chi connectivity index (χ0n) is 15.3. The minimum absolute atomic E-state index is 0.307. The van der Waals surface area contributed by atoms with E-state index in [0.717, 1.165) is 11.3 Å². The molecule has 1 heterocycles. The molecule has 0 unspecified atom stereocenters. The molecule has 1 aromatic heterocycles. The van der Waals surface area contributed by atoms with E-state index >= 15 is 0 Å². The van der Waals surface area contributed by atoms with Gasteiger partial charge in [-0.05, 0) is 38.8 Å². The Morgan fingerprint density at radius 2 is 1.84 bits per heavy atom. The lowest BCUT2D eigenvalue weighted by atomic mass is 10.1. The first kappa shape index (κ1) is 20.9. The Balaban J connectivity index is 0.000000293. The number of hydrogen-bond acceptors (Lipinski definition) is 6. The molecule has 0 saturated heterocycles. The van der Waals surface area contributed by atoms with E-state index in [1.54, 1.807) is 34.8 Å². The Labute approximate surface area is 152 Å². The minimum Gasteiger partial charge on any atom is -0.456 e. The van der Waals surface area contributed by atoms with E-state index in [9.17, 15) is 9.59 Å². The van der Waals surface area contributed by atoms with Crippen LogP contribution in [0.1, 0.15) is 51.9 Å². The molecule has 0 fully saturated rings. The monoisotopic (exact) mass is 363 g/mol. The lowest BCUT2D eigenvalue weighted by Crippen LogP contribution is -2.24. The maximum Gasteiger partial charge on any atom is 0.341 e. The fraction of sp³-hybridized carbons (Fsp3) is 0.368. The molecule has 6 heteroatoms. The summed E-state index contributed by atoms with van der Waals surface area (Å²) in [5, 5.41) is 0.328. The number of anilines is 1. The van der Waals surface area contributed by atoms with Crippen molar-refractivity contribution in [1.82, 2.24) is 0 Å². The first-order valence-corrected chi connectivity index (χ1v) is 8.61. The standard InChI is InChI=1S/C11H15NO3S.C8H10O/c1-6-7(5-13)16-9(12)8(6)10(14)15-11(2,3)4;1-9-7-8-5-3-2-4-6-8/h5H,12H2,1-4H3;2-6H,7H2,1H3. The van der Waals surface area contributed by atoms with Gasteiger partial charge in [-0.3, -0.25) is 4.79 Å². The van der Waals surface area contributed by atoms with Crippen molar-refractivity contribution in [3.63, 3.8) is 0 Å². The van der Waals surface area contributed by atoms with Crippen molar-refractivity contribution in [1.29, 1.82) is 0 Å². The van der Waals surface area contributed by atoms with Crippen LogP contribution in [-0.2, 0) is 16.1 Å². The summed E-state index contributed by atoms with van der Waals surface area (Å²) < 4.78 is 10.1. The highest BCUT2D eigenvalue weighted by atomic mass is 32.1. The number of nitrogens with two attached hydrogens (primary N) is 1. The number of rotatable bonds is 4. The number of ether oxygens (including phenoxy) is 2. The van der Waals surface area contributed by atoms with Gasteiger partial charge in [-0.25, -0.2) is 4.79 Å². The molecule has 0 aliphatic rings. The summed E-state index contributed by atoms with van der Waals surface area (Å²) in [5.74, 6) is -0.480. The number of thiophene rings is 1. The SMILES string of the molecule is COCc1ccccc1.Cc1c(C=O)sc(N)c1C(=O)OC(C)(C)C. The van der Waals surface area contributed by atoms with Gasteiger partial charge >= 0.3 is 5.97 Å². The van der Waals surface area contributed by atoms with Crippen LogP contribution in [0.25, 0.3) is 0 Å². The number of hydrogen-bond donors (Lipinski definition) is 1. The van der Waals surface area contributed by atoms with E-state index in [-0.39, 0.29) is 0 Å².